The number of methoxy groups -OCH3 is 1. The van der Waals surface area contributed by atoms with Crippen LogP contribution in [-0.4, -0.2) is 39.8 Å². The maximum atomic E-state index is 6.02. The van der Waals surface area contributed by atoms with Crippen molar-refractivity contribution in [3.05, 3.63) is 48.0 Å². The lowest BCUT2D eigenvalue weighted by atomic mass is 10.1. The zero-order valence-corrected chi connectivity index (χ0v) is 14.6. The highest BCUT2D eigenvalue weighted by Gasteiger charge is 2.11. The van der Waals surface area contributed by atoms with Gasteiger partial charge in [-0.05, 0) is 25.5 Å². The van der Waals surface area contributed by atoms with E-state index in [1.807, 2.05) is 26.0 Å². The van der Waals surface area contributed by atoms with Crippen molar-refractivity contribution in [2.45, 2.75) is 26.5 Å². The second-order valence-electron chi connectivity index (χ2n) is 5.80. The van der Waals surface area contributed by atoms with Crippen LogP contribution in [0.15, 0.2) is 36.9 Å². The molecule has 1 N–H and O–H groups in total. The van der Waals surface area contributed by atoms with Crippen molar-refractivity contribution in [1.82, 2.24) is 19.9 Å². The first-order valence-corrected chi connectivity index (χ1v) is 8.08. The predicted molar refractivity (Wildman–Crippen MR) is 95.6 cm³/mol. The largest absolute Gasteiger partial charge is 0.488 e. The number of rotatable bonds is 7. The maximum absolute atomic E-state index is 6.02. The van der Waals surface area contributed by atoms with E-state index in [0.29, 0.717) is 30.1 Å². The quantitative estimate of drug-likeness (QED) is 0.708. The van der Waals surface area contributed by atoms with Gasteiger partial charge in [-0.3, -0.25) is 0 Å². The van der Waals surface area contributed by atoms with Gasteiger partial charge in [-0.2, -0.15) is 0 Å². The normalized spacial score (nSPS) is 12.1. The Morgan fingerprint density at radius 2 is 1.96 bits per heavy atom. The van der Waals surface area contributed by atoms with Crippen LogP contribution in [0.3, 0.4) is 0 Å². The molecule has 1 atom stereocenters. The van der Waals surface area contributed by atoms with E-state index in [1.165, 1.54) is 6.33 Å². The standard InChI is InChI=1S/C18H21N5O2/c1-12-4-5-14(15(8-12)25-13(2)10-24-3)9-21-18-16-17(22-11-23-18)20-7-6-19-16/h4-8,11,13H,9-10H2,1-3H3,(H,20,21,22,23). The molecule has 130 valence electrons. The third kappa shape index (κ3) is 4.19. The topological polar surface area (TPSA) is 82.0 Å². The van der Waals surface area contributed by atoms with Crippen molar-refractivity contribution in [3.63, 3.8) is 0 Å². The molecular formula is C18H21N5O2. The molecule has 0 saturated carbocycles. The molecule has 3 aromatic rings. The summed E-state index contributed by atoms with van der Waals surface area (Å²) >= 11 is 0. The summed E-state index contributed by atoms with van der Waals surface area (Å²) in [5.74, 6) is 1.48. The van der Waals surface area contributed by atoms with Gasteiger partial charge in [-0.1, -0.05) is 12.1 Å². The van der Waals surface area contributed by atoms with Crippen LogP contribution < -0.4 is 10.1 Å². The number of hydrogen-bond acceptors (Lipinski definition) is 7. The molecule has 2 aromatic heterocycles. The van der Waals surface area contributed by atoms with Crippen molar-refractivity contribution in [2.75, 3.05) is 19.0 Å². The minimum Gasteiger partial charge on any atom is -0.488 e. The van der Waals surface area contributed by atoms with Crippen LogP contribution in [0.25, 0.3) is 11.2 Å². The molecule has 0 radical (unpaired) electrons. The van der Waals surface area contributed by atoms with Gasteiger partial charge in [0.2, 0.25) is 0 Å². The Hall–Kier alpha value is -2.80. The maximum Gasteiger partial charge on any atom is 0.183 e. The van der Waals surface area contributed by atoms with E-state index in [0.717, 1.165) is 16.9 Å². The van der Waals surface area contributed by atoms with Crippen LogP contribution in [0, 0.1) is 6.92 Å². The fourth-order valence-electron chi connectivity index (χ4n) is 2.51. The molecule has 0 amide bonds. The third-order valence-electron chi connectivity index (χ3n) is 3.67. The molecular weight excluding hydrogens is 318 g/mol. The van der Waals surface area contributed by atoms with E-state index in [1.54, 1.807) is 19.5 Å². The van der Waals surface area contributed by atoms with E-state index in [9.17, 15) is 0 Å². The Morgan fingerprint density at radius 3 is 2.80 bits per heavy atom. The van der Waals surface area contributed by atoms with Crippen molar-refractivity contribution >= 4 is 17.0 Å². The Balaban J connectivity index is 1.80. The summed E-state index contributed by atoms with van der Waals surface area (Å²) in [6, 6.07) is 6.13. The monoisotopic (exact) mass is 339 g/mol. The van der Waals surface area contributed by atoms with E-state index in [4.69, 9.17) is 9.47 Å². The van der Waals surface area contributed by atoms with Crippen LogP contribution in [-0.2, 0) is 11.3 Å². The number of fused-ring (bicyclic) bond motifs is 1. The van der Waals surface area contributed by atoms with Gasteiger partial charge in [-0.25, -0.2) is 19.9 Å². The summed E-state index contributed by atoms with van der Waals surface area (Å²) in [6.07, 6.45) is 4.69. The zero-order valence-electron chi connectivity index (χ0n) is 14.6. The number of aromatic nitrogens is 4. The second-order valence-corrected chi connectivity index (χ2v) is 5.80. The summed E-state index contributed by atoms with van der Waals surface area (Å²) in [7, 11) is 1.67. The Bertz CT molecular complexity index is 850. The summed E-state index contributed by atoms with van der Waals surface area (Å²) in [4.78, 5) is 16.9. The summed E-state index contributed by atoms with van der Waals surface area (Å²) in [6.45, 7) is 5.11. The Labute approximate surface area is 146 Å². The van der Waals surface area contributed by atoms with E-state index in [2.05, 4.69) is 31.3 Å². The molecule has 25 heavy (non-hydrogen) atoms. The molecule has 0 aliphatic rings. The molecule has 0 saturated heterocycles. The number of nitrogens with one attached hydrogen (secondary N) is 1. The number of hydrogen-bond donors (Lipinski definition) is 1. The zero-order chi connectivity index (χ0) is 17.6. The summed E-state index contributed by atoms with van der Waals surface area (Å²) in [5, 5.41) is 3.30. The van der Waals surface area contributed by atoms with Gasteiger partial charge in [0, 0.05) is 31.6 Å². The van der Waals surface area contributed by atoms with Gasteiger partial charge in [0.05, 0.1) is 6.61 Å². The number of nitrogens with zero attached hydrogens (tertiary/aromatic N) is 4. The molecule has 0 aliphatic carbocycles. The average Bonchev–Trinajstić information content (AvgIpc) is 2.61. The molecule has 7 nitrogen and oxygen atoms in total. The fourth-order valence-corrected chi connectivity index (χ4v) is 2.51. The summed E-state index contributed by atoms with van der Waals surface area (Å²) in [5.41, 5.74) is 3.38. The predicted octanol–water partition coefficient (Wildman–Crippen LogP) is 2.75. The fraction of sp³-hybridized carbons (Fsp3) is 0.333. The Kier molecular flexibility index (Phi) is 5.35. The minimum atomic E-state index is -0.0312. The lowest BCUT2D eigenvalue weighted by Gasteiger charge is -2.18. The average molecular weight is 339 g/mol. The second kappa shape index (κ2) is 7.85. The molecule has 1 unspecified atom stereocenters. The highest BCUT2D eigenvalue weighted by molar-refractivity contribution is 5.81. The molecule has 0 aliphatic heterocycles. The number of aryl methyl sites for hydroxylation is 1. The summed E-state index contributed by atoms with van der Waals surface area (Å²) < 4.78 is 11.2. The van der Waals surface area contributed by atoms with Crippen LogP contribution >= 0.6 is 0 Å². The molecule has 0 bridgehead atoms. The third-order valence-corrected chi connectivity index (χ3v) is 3.67. The van der Waals surface area contributed by atoms with Crippen LogP contribution in [0.4, 0.5) is 5.82 Å². The van der Waals surface area contributed by atoms with Crippen molar-refractivity contribution in [3.8, 4) is 5.75 Å². The Morgan fingerprint density at radius 1 is 1.12 bits per heavy atom. The van der Waals surface area contributed by atoms with Gasteiger partial charge < -0.3 is 14.8 Å². The van der Waals surface area contributed by atoms with Crippen molar-refractivity contribution in [2.24, 2.45) is 0 Å². The number of benzene rings is 1. The van der Waals surface area contributed by atoms with Gasteiger partial charge in [0.25, 0.3) is 0 Å². The van der Waals surface area contributed by atoms with Gasteiger partial charge in [0.1, 0.15) is 23.7 Å². The minimum absolute atomic E-state index is 0.0312. The molecule has 2 heterocycles. The smallest absolute Gasteiger partial charge is 0.183 e. The van der Waals surface area contributed by atoms with Gasteiger partial charge in [0.15, 0.2) is 11.5 Å². The molecule has 1 aromatic carbocycles. The number of anilines is 1. The van der Waals surface area contributed by atoms with E-state index in [-0.39, 0.29) is 6.10 Å². The lowest BCUT2D eigenvalue weighted by Crippen LogP contribution is -2.19. The van der Waals surface area contributed by atoms with Gasteiger partial charge in [-0.15, -0.1) is 0 Å². The van der Waals surface area contributed by atoms with Gasteiger partial charge >= 0.3 is 0 Å². The molecule has 0 fully saturated rings. The van der Waals surface area contributed by atoms with Crippen LogP contribution in [0.5, 0.6) is 5.75 Å². The lowest BCUT2D eigenvalue weighted by molar-refractivity contribution is 0.0914. The van der Waals surface area contributed by atoms with E-state index >= 15 is 0 Å². The first-order chi connectivity index (χ1) is 12.2. The molecule has 7 heteroatoms. The van der Waals surface area contributed by atoms with Crippen LogP contribution in [0.2, 0.25) is 0 Å². The highest BCUT2D eigenvalue weighted by atomic mass is 16.5. The molecule has 3 rings (SSSR count). The SMILES string of the molecule is COCC(C)Oc1cc(C)ccc1CNc1ncnc2nccnc12. The highest BCUT2D eigenvalue weighted by Crippen LogP contribution is 2.23. The first-order valence-electron chi connectivity index (χ1n) is 8.08. The van der Waals surface area contributed by atoms with E-state index < -0.39 is 0 Å². The van der Waals surface area contributed by atoms with Crippen LogP contribution in [0.1, 0.15) is 18.1 Å². The van der Waals surface area contributed by atoms with Crippen molar-refractivity contribution < 1.29 is 9.47 Å². The van der Waals surface area contributed by atoms with Crippen molar-refractivity contribution in [1.29, 1.82) is 0 Å². The molecule has 0 spiro atoms. The first kappa shape index (κ1) is 17.0. The number of ether oxygens (including phenoxy) is 2.